The number of halogens is 1. The van der Waals surface area contributed by atoms with Crippen LogP contribution in [0.2, 0.25) is 0 Å². The van der Waals surface area contributed by atoms with Crippen LogP contribution >= 0.6 is 24.0 Å². The third-order valence-corrected chi connectivity index (χ3v) is 5.94. The first-order valence-corrected chi connectivity index (χ1v) is 11.3. The van der Waals surface area contributed by atoms with Gasteiger partial charge in [0.2, 0.25) is 0 Å². The van der Waals surface area contributed by atoms with Crippen LogP contribution in [0.4, 0.5) is 0 Å². The van der Waals surface area contributed by atoms with Crippen molar-refractivity contribution < 1.29 is 0 Å². The molecule has 1 aliphatic rings. The molecule has 0 saturated carbocycles. The summed E-state index contributed by atoms with van der Waals surface area (Å²) in [6, 6.07) is 14.6. The van der Waals surface area contributed by atoms with Crippen molar-refractivity contribution >= 4 is 35.6 Å². The molecular formula is C24H34IN7. The predicted molar refractivity (Wildman–Crippen MR) is 140 cm³/mol. The van der Waals surface area contributed by atoms with E-state index >= 15 is 0 Å². The Kier molecular flexibility index (Phi) is 9.28. The standard InChI is InChI=1S/C24H33N7.HI/c1-3-25-24(27-17-23-29-28-22-10-6-7-13-31(22)23)26-16-20-8-4-5-9-21(20)18-30-14-11-19(2)12-15-30;/h4-10,13,19H,3,11-12,14-18H2,1-2H3,(H2,25,26,27);1H. The molecule has 2 aromatic heterocycles. The minimum atomic E-state index is 0. The number of benzene rings is 1. The summed E-state index contributed by atoms with van der Waals surface area (Å²) < 4.78 is 1.99. The van der Waals surface area contributed by atoms with E-state index < -0.39 is 0 Å². The number of rotatable bonds is 7. The van der Waals surface area contributed by atoms with E-state index in [2.05, 4.69) is 63.8 Å². The largest absolute Gasteiger partial charge is 0.357 e. The zero-order chi connectivity index (χ0) is 21.5. The lowest BCUT2D eigenvalue weighted by Crippen LogP contribution is -2.37. The summed E-state index contributed by atoms with van der Waals surface area (Å²) >= 11 is 0. The van der Waals surface area contributed by atoms with Gasteiger partial charge < -0.3 is 10.6 Å². The maximum atomic E-state index is 4.85. The van der Waals surface area contributed by atoms with Crippen LogP contribution in [0.3, 0.4) is 0 Å². The van der Waals surface area contributed by atoms with Crippen molar-refractivity contribution in [2.45, 2.75) is 46.3 Å². The number of hydrogen-bond donors (Lipinski definition) is 2. The number of guanidine groups is 1. The van der Waals surface area contributed by atoms with Gasteiger partial charge in [0, 0.05) is 19.3 Å². The number of hydrogen-bond acceptors (Lipinski definition) is 4. The van der Waals surface area contributed by atoms with E-state index in [1.165, 1.54) is 37.1 Å². The van der Waals surface area contributed by atoms with E-state index in [4.69, 9.17) is 4.99 Å². The van der Waals surface area contributed by atoms with Crippen LogP contribution in [0.25, 0.3) is 5.65 Å². The normalized spacial score (nSPS) is 15.5. The highest BCUT2D eigenvalue weighted by Gasteiger charge is 2.16. The summed E-state index contributed by atoms with van der Waals surface area (Å²) in [4.78, 5) is 7.42. The molecule has 32 heavy (non-hydrogen) atoms. The molecule has 2 N–H and O–H groups in total. The first-order chi connectivity index (χ1) is 15.2. The fourth-order valence-electron chi connectivity index (χ4n) is 4.01. The summed E-state index contributed by atoms with van der Waals surface area (Å²) in [6.07, 6.45) is 4.58. The number of aromatic nitrogens is 3. The lowest BCUT2D eigenvalue weighted by Gasteiger charge is -2.30. The van der Waals surface area contributed by atoms with Crippen molar-refractivity contribution in [2.24, 2.45) is 10.9 Å². The van der Waals surface area contributed by atoms with Crippen LogP contribution in [-0.4, -0.2) is 45.1 Å². The summed E-state index contributed by atoms with van der Waals surface area (Å²) in [5.41, 5.74) is 3.51. The number of nitrogens with zero attached hydrogens (tertiary/aromatic N) is 5. The summed E-state index contributed by atoms with van der Waals surface area (Å²) in [5.74, 6) is 2.50. The SMILES string of the molecule is CCNC(=NCc1ccccc1CN1CCC(C)CC1)NCc1nnc2ccccn12.I. The van der Waals surface area contributed by atoms with E-state index in [9.17, 15) is 0 Å². The zero-order valence-corrected chi connectivity index (χ0v) is 21.3. The molecule has 0 amide bonds. The van der Waals surface area contributed by atoms with Crippen LogP contribution in [0.15, 0.2) is 53.7 Å². The third-order valence-electron chi connectivity index (χ3n) is 5.94. The Hall–Kier alpha value is -2.20. The molecule has 0 radical (unpaired) electrons. The Morgan fingerprint density at radius 3 is 2.56 bits per heavy atom. The van der Waals surface area contributed by atoms with Crippen LogP contribution in [0.1, 0.15) is 43.6 Å². The second-order valence-electron chi connectivity index (χ2n) is 8.32. The van der Waals surface area contributed by atoms with Gasteiger partial charge in [0.25, 0.3) is 0 Å². The minimum Gasteiger partial charge on any atom is -0.357 e. The van der Waals surface area contributed by atoms with Gasteiger partial charge in [-0.3, -0.25) is 9.30 Å². The summed E-state index contributed by atoms with van der Waals surface area (Å²) in [6.45, 7) is 9.84. The van der Waals surface area contributed by atoms with Gasteiger partial charge in [-0.15, -0.1) is 34.2 Å². The van der Waals surface area contributed by atoms with Crippen LogP contribution < -0.4 is 10.6 Å². The Morgan fingerprint density at radius 2 is 1.78 bits per heavy atom. The highest BCUT2D eigenvalue weighted by atomic mass is 127. The maximum Gasteiger partial charge on any atom is 0.191 e. The molecule has 0 bridgehead atoms. The summed E-state index contributed by atoms with van der Waals surface area (Å²) in [7, 11) is 0. The topological polar surface area (TPSA) is 69.8 Å². The lowest BCUT2D eigenvalue weighted by molar-refractivity contribution is 0.185. The van der Waals surface area contributed by atoms with Gasteiger partial charge in [-0.2, -0.15) is 0 Å². The Balaban J connectivity index is 0.00000289. The first kappa shape index (κ1) is 24.4. The van der Waals surface area contributed by atoms with Gasteiger partial charge in [0.15, 0.2) is 17.4 Å². The van der Waals surface area contributed by atoms with E-state index in [1.807, 2.05) is 28.8 Å². The Bertz CT molecular complexity index is 1010. The molecular weight excluding hydrogens is 513 g/mol. The third kappa shape index (κ3) is 6.41. The molecule has 0 spiro atoms. The number of likely N-dealkylation sites (tertiary alicyclic amines) is 1. The quantitative estimate of drug-likeness (QED) is 0.268. The molecule has 0 unspecified atom stereocenters. The molecule has 1 fully saturated rings. The average Bonchev–Trinajstić information content (AvgIpc) is 3.21. The van der Waals surface area contributed by atoms with Crippen molar-refractivity contribution in [3.05, 3.63) is 65.6 Å². The monoisotopic (exact) mass is 547 g/mol. The van der Waals surface area contributed by atoms with Gasteiger partial charge >= 0.3 is 0 Å². The fraction of sp³-hybridized carbons (Fsp3) is 0.458. The summed E-state index contributed by atoms with van der Waals surface area (Å²) in [5, 5.41) is 15.2. The maximum absolute atomic E-state index is 4.85. The van der Waals surface area contributed by atoms with Gasteiger partial charge in [-0.25, -0.2) is 4.99 Å². The smallest absolute Gasteiger partial charge is 0.191 e. The molecule has 3 aromatic rings. The molecule has 1 saturated heterocycles. The van der Waals surface area contributed by atoms with Crippen molar-refractivity contribution in [1.82, 2.24) is 30.1 Å². The second-order valence-corrected chi connectivity index (χ2v) is 8.32. The molecule has 4 rings (SSSR count). The lowest BCUT2D eigenvalue weighted by atomic mass is 9.98. The van der Waals surface area contributed by atoms with Crippen molar-refractivity contribution in [1.29, 1.82) is 0 Å². The molecule has 0 aliphatic carbocycles. The molecule has 1 aliphatic heterocycles. The number of piperidine rings is 1. The predicted octanol–water partition coefficient (Wildman–Crippen LogP) is 3.83. The highest BCUT2D eigenvalue weighted by molar-refractivity contribution is 14.0. The highest BCUT2D eigenvalue weighted by Crippen LogP contribution is 2.20. The fourth-order valence-corrected chi connectivity index (χ4v) is 4.01. The number of nitrogens with one attached hydrogen (secondary N) is 2. The van der Waals surface area contributed by atoms with Gasteiger partial charge in [-0.1, -0.05) is 37.3 Å². The van der Waals surface area contributed by atoms with Gasteiger partial charge in [-0.05, 0) is 62.0 Å². The number of pyridine rings is 1. The van der Waals surface area contributed by atoms with Crippen LogP contribution in [0, 0.1) is 5.92 Å². The Labute approximate surface area is 207 Å². The van der Waals surface area contributed by atoms with Crippen LogP contribution in [0.5, 0.6) is 0 Å². The van der Waals surface area contributed by atoms with Crippen molar-refractivity contribution in [2.75, 3.05) is 19.6 Å². The van der Waals surface area contributed by atoms with E-state index in [1.54, 1.807) is 0 Å². The molecule has 7 nitrogen and oxygen atoms in total. The first-order valence-electron chi connectivity index (χ1n) is 11.3. The van der Waals surface area contributed by atoms with E-state index in [0.29, 0.717) is 13.1 Å². The molecule has 1 aromatic carbocycles. The average molecular weight is 547 g/mol. The second kappa shape index (κ2) is 12.2. The molecule has 0 atom stereocenters. The molecule has 3 heterocycles. The minimum absolute atomic E-state index is 0. The molecule has 8 heteroatoms. The van der Waals surface area contributed by atoms with Crippen LogP contribution in [-0.2, 0) is 19.6 Å². The van der Waals surface area contributed by atoms with E-state index in [-0.39, 0.29) is 24.0 Å². The number of fused-ring (bicyclic) bond motifs is 1. The van der Waals surface area contributed by atoms with Gasteiger partial charge in [0.1, 0.15) is 0 Å². The number of aliphatic imine (C=N–C) groups is 1. The van der Waals surface area contributed by atoms with E-state index in [0.717, 1.165) is 36.4 Å². The zero-order valence-electron chi connectivity index (χ0n) is 19.0. The van der Waals surface area contributed by atoms with Gasteiger partial charge in [0.05, 0.1) is 13.1 Å². The molecule has 172 valence electrons. The van der Waals surface area contributed by atoms with Crippen molar-refractivity contribution in [3.8, 4) is 0 Å². The Morgan fingerprint density at radius 1 is 1.03 bits per heavy atom. The van der Waals surface area contributed by atoms with Crippen molar-refractivity contribution in [3.63, 3.8) is 0 Å².